The molecule has 0 aliphatic carbocycles. The second-order valence-corrected chi connectivity index (χ2v) is 6.47. The third-order valence-corrected chi connectivity index (χ3v) is 4.80. The Kier molecular flexibility index (Phi) is 5.00. The van der Waals surface area contributed by atoms with Crippen LogP contribution in [0.2, 0.25) is 0 Å². The van der Waals surface area contributed by atoms with Gasteiger partial charge in [0.1, 0.15) is 10.8 Å². The number of amides is 1. The van der Waals surface area contributed by atoms with Crippen molar-refractivity contribution in [2.24, 2.45) is 5.73 Å². The van der Waals surface area contributed by atoms with Gasteiger partial charge in [-0.15, -0.1) is 11.3 Å². The number of carbonyl (C=O) groups is 1. The lowest BCUT2D eigenvalue weighted by atomic mass is 10.1. The van der Waals surface area contributed by atoms with Crippen molar-refractivity contribution in [1.82, 2.24) is 4.98 Å². The molecular formula is C19H19N3O2S. The molecule has 1 aromatic heterocycles. The number of aromatic nitrogens is 1. The van der Waals surface area contributed by atoms with Crippen LogP contribution >= 0.6 is 11.3 Å². The first kappa shape index (κ1) is 17.0. The van der Waals surface area contributed by atoms with Crippen LogP contribution in [0.15, 0.2) is 53.9 Å². The van der Waals surface area contributed by atoms with Crippen LogP contribution in [-0.4, -0.2) is 25.0 Å². The summed E-state index contributed by atoms with van der Waals surface area (Å²) in [4.78, 5) is 18.0. The van der Waals surface area contributed by atoms with E-state index >= 15 is 0 Å². The van der Waals surface area contributed by atoms with E-state index < -0.39 is 5.91 Å². The molecule has 2 N–H and O–H groups in total. The number of primary amides is 1. The molecule has 2 aromatic carbocycles. The summed E-state index contributed by atoms with van der Waals surface area (Å²) in [6.45, 7) is 0.677. The highest BCUT2D eigenvalue weighted by molar-refractivity contribution is 7.13. The van der Waals surface area contributed by atoms with Crippen molar-refractivity contribution < 1.29 is 9.53 Å². The van der Waals surface area contributed by atoms with Gasteiger partial charge in [0, 0.05) is 23.6 Å². The normalized spacial score (nSPS) is 10.5. The number of hydrogen-bond acceptors (Lipinski definition) is 5. The first-order valence-corrected chi connectivity index (χ1v) is 8.65. The fourth-order valence-corrected chi connectivity index (χ4v) is 3.38. The number of benzene rings is 2. The monoisotopic (exact) mass is 353 g/mol. The number of nitrogens with two attached hydrogens (primary N) is 1. The predicted molar refractivity (Wildman–Crippen MR) is 101 cm³/mol. The van der Waals surface area contributed by atoms with Crippen molar-refractivity contribution in [2.75, 3.05) is 19.1 Å². The zero-order valence-corrected chi connectivity index (χ0v) is 14.9. The Morgan fingerprint density at radius 1 is 1.20 bits per heavy atom. The molecular weight excluding hydrogens is 334 g/mol. The van der Waals surface area contributed by atoms with E-state index in [1.165, 1.54) is 0 Å². The summed E-state index contributed by atoms with van der Waals surface area (Å²) in [7, 11) is 3.68. The Balaban J connectivity index is 1.76. The zero-order chi connectivity index (χ0) is 17.8. The van der Waals surface area contributed by atoms with Gasteiger partial charge >= 0.3 is 0 Å². The largest absolute Gasteiger partial charge is 0.495 e. The number of anilines is 1. The molecule has 128 valence electrons. The maximum atomic E-state index is 11.2. The molecule has 5 nitrogen and oxygen atoms in total. The Morgan fingerprint density at radius 2 is 1.92 bits per heavy atom. The topological polar surface area (TPSA) is 68.5 Å². The molecule has 0 aliphatic heterocycles. The Bertz CT molecular complexity index is 874. The first-order valence-electron chi connectivity index (χ1n) is 7.77. The summed E-state index contributed by atoms with van der Waals surface area (Å²) in [6.07, 6.45) is 0. The number of carbonyl (C=O) groups excluding carboxylic acids is 1. The quantitative estimate of drug-likeness (QED) is 0.736. The molecule has 0 saturated carbocycles. The van der Waals surface area contributed by atoms with E-state index in [-0.39, 0.29) is 0 Å². The molecule has 0 fully saturated rings. The van der Waals surface area contributed by atoms with Crippen LogP contribution in [0.3, 0.4) is 0 Å². The van der Waals surface area contributed by atoms with Crippen LogP contribution in [0.4, 0.5) is 5.69 Å². The second-order valence-electron chi connectivity index (χ2n) is 5.61. The van der Waals surface area contributed by atoms with Crippen molar-refractivity contribution in [3.63, 3.8) is 0 Å². The molecule has 0 radical (unpaired) electrons. The van der Waals surface area contributed by atoms with Crippen LogP contribution < -0.4 is 15.4 Å². The molecule has 0 unspecified atom stereocenters. The number of nitrogens with zero attached hydrogens (tertiary/aromatic N) is 2. The van der Waals surface area contributed by atoms with Gasteiger partial charge in [0.2, 0.25) is 5.91 Å². The van der Waals surface area contributed by atoms with Gasteiger partial charge in [-0.3, -0.25) is 4.79 Å². The lowest BCUT2D eigenvalue weighted by Crippen LogP contribution is -2.17. The lowest BCUT2D eigenvalue weighted by Gasteiger charge is -2.20. The molecule has 0 atom stereocenters. The molecule has 6 heteroatoms. The Hall–Kier alpha value is -2.86. The van der Waals surface area contributed by atoms with E-state index in [1.807, 2.05) is 48.8 Å². The van der Waals surface area contributed by atoms with Gasteiger partial charge in [0.25, 0.3) is 0 Å². The van der Waals surface area contributed by atoms with Crippen molar-refractivity contribution in [3.8, 4) is 16.3 Å². The number of para-hydroxylation sites is 2. The van der Waals surface area contributed by atoms with E-state index in [1.54, 1.807) is 30.6 Å². The number of ether oxygens (including phenoxy) is 1. The molecule has 25 heavy (non-hydrogen) atoms. The predicted octanol–water partition coefficient (Wildman–Crippen LogP) is 3.55. The molecule has 0 saturated heterocycles. The van der Waals surface area contributed by atoms with Crippen molar-refractivity contribution in [2.45, 2.75) is 6.54 Å². The zero-order valence-electron chi connectivity index (χ0n) is 14.1. The van der Waals surface area contributed by atoms with E-state index in [4.69, 9.17) is 15.5 Å². The standard InChI is InChI=1S/C19H19N3O2S/c1-22(16-5-3-4-6-17(16)24-2)11-15-12-25-19(21-15)14-9-7-13(8-10-14)18(20)23/h3-10,12H,11H2,1-2H3,(H2,20,23). The minimum Gasteiger partial charge on any atom is -0.495 e. The molecule has 0 bridgehead atoms. The number of hydrogen-bond donors (Lipinski definition) is 1. The van der Waals surface area contributed by atoms with Crippen LogP contribution in [0.25, 0.3) is 10.6 Å². The van der Waals surface area contributed by atoms with Crippen molar-refractivity contribution in [1.29, 1.82) is 0 Å². The summed E-state index contributed by atoms with van der Waals surface area (Å²) in [5.74, 6) is 0.410. The summed E-state index contributed by atoms with van der Waals surface area (Å²) in [5.41, 5.74) is 8.74. The minimum atomic E-state index is -0.426. The van der Waals surface area contributed by atoms with Gasteiger partial charge in [-0.2, -0.15) is 0 Å². The highest BCUT2D eigenvalue weighted by Gasteiger charge is 2.11. The maximum Gasteiger partial charge on any atom is 0.248 e. The van der Waals surface area contributed by atoms with E-state index in [0.717, 1.165) is 27.7 Å². The number of rotatable bonds is 6. The van der Waals surface area contributed by atoms with Gasteiger partial charge in [-0.1, -0.05) is 24.3 Å². The van der Waals surface area contributed by atoms with Crippen molar-refractivity contribution >= 4 is 22.9 Å². The van der Waals surface area contributed by atoms with Crippen LogP contribution in [-0.2, 0) is 6.54 Å². The van der Waals surface area contributed by atoms with E-state index in [2.05, 4.69) is 4.90 Å². The summed E-state index contributed by atoms with van der Waals surface area (Å²) in [6, 6.07) is 15.1. The minimum absolute atomic E-state index is 0.426. The molecule has 3 rings (SSSR count). The fraction of sp³-hybridized carbons (Fsp3) is 0.158. The number of thiazole rings is 1. The summed E-state index contributed by atoms with van der Waals surface area (Å²) >= 11 is 1.58. The highest BCUT2D eigenvalue weighted by Crippen LogP contribution is 2.29. The highest BCUT2D eigenvalue weighted by atomic mass is 32.1. The third-order valence-electron chi connectivity index (χ3n) is 3.86. The summed E-state index contributed by atoms with van der Waals surface area (Å²) < 4.78 is 5.41. The van der Waals surface area contributed by atoms with E-state index in [9.17, 15) is 4.79 Å². The van der Waals surface area contributed by atoms with Crippen LogP contribution in [0.1, 0.15) is 16.1 Å². The average molecular weight is 353 g/mol. The molecule has 1 amide bonds. The molecule has 0 aliphatic rings. The fourth-order valence-electron chi connectivity index (χ4n) is 2.56. The van der Waals surface area contributed by atoms with Gasteiger partial charge in [-0.25, -0.2) is 4.98 Å². The SMILES string of the molecule is COc1ccccc1N(C)Cc1csc(-c2ccc(C(N)=O)cc2)n1. The van der Waals surface area contributed by atoms with Gasteiger partial charge in [0.05, 0.1) is 25.0 Å². The van der Waals surface area contributed by atoms with Crippen molar-refractivity contribution in [3.05, 3.63) is 65.2 Å². The maximum absolute atomic E-state index is 11.2. The Labute approximate surface area is 150 Å². The second kappa shape index (κ2) is 7.36. The molecule has 3 aromatic rings. The van der Waals surface area contributed by atoms with Crippen LogP contribution in [0.5, 0.6) is 5.75 Å². The Morgan fingerprint density at radius 3 is 2.60 bits per heavy atom. The lowest BCUT2D eigenvalue weighted by molar-refractivity contribution is 0.100. The summed E-state index contributed by atoms with van der Waals surface area (Å²) in [5, 5.41) is 2.96. The third kappa shape index (κ3) is 3.80. The first-order chi connectivity index (χ1) is 12.1. The van der Waals surface area contributed by atoms with Gasteiger partial charge in [0.15, 0.2) is 0 Å². The van der Waals surface area contributed by atoms with Gasteiger partial charge < -0.3 is 15.4 Å². The molecule has 0 spiro atoms. The molecule has 1 heterocycles. The number of methoxy groups -OCH3 is 1. The van der Waals surface area contributed by atoms with E-state index in [0.29, 0.717) is 12.1 Å². The smallest absolute Gasteiger partial charge is 0.248 e. The van der Waals surface area contributed by atoms with Gasteiger partial charge in [-0.05, 0) is 24.3 Å². The average Bonchev–Trinajstić information content (AvgIpc) is 3.10. The van der Waals surface area contributed by atoms with Crippen LogP contribution in [0, 0.1) is 0 Å².